The Bertz CT molecular complexity index is 1140. The molecule has 4 nitrogen and oxygen atoms in total. The molecule has 1 fully saturated rings. The molecule has 3 aromatic rings. The van der Waals surface area contributed by atoms with Crippen molar-refractivity contribution in [2.75, 3.05) is 0 Å². The molecular formula is C23H24ClFN2O2S. The molecule has 2 aromatic carbocycles. The zero-order chi connectivity index (χ0) is 21.3. The van der Waals surface area contributed by atoms with Crippen LogP contribution in [0.5, 0.6) is 0 Å². The quantitative estimate of drug-likeness (QED) is 0.549. The lowest BCUT2D eigenvalue weighted by atomic mass is 9.76. The molecule has 158 valence electrons. The number of hydrogen-bond acceptors (Lipinski definition) is 3. The molecule has 1 heterocycles. The standard InChI is InChI=1S/C23H24ClFN2O2S/c1-15(27-30(28,29)20-9-6-18(24)7-10-20)16-2-4-17(5-3-16)21-12-13-26-23-11-8-19(25)14-22(21)23/h6-17,27H,2-5H2,1H3/t15-,16?,17?/m1/s1. The van der Waals surface area contributed by atoms with E-state index in [2.05, 4.69) is 9.71 Å². The van der Waals surface area contributed by atoms with Gasteiger partial charge < -0.3 is 0 Å². The Morgan fingerprint density at radius 1 is 1.07 bits per heavy atom. The van der Waals surface area contributed by atoms with E-state index >= 15 is 0 Å². The molecule has 0 aliphatic heterocycles. The van der Waals surface area contributed by atoms with Gasteiger partial charge in [-0.2, -0.15) is 0 Å². The van der Waals surface area contributed by atoms with Crippen LogP contribution in [0, 0.1) is 11.7 Å². The molecule has 0 saturated heterocycles. The summed E-state index contributed by atoms with van der Waals surface area (Å²) in [4.78, 5) is 4.56. The third kappa shape index (κ3) is 4.51. The summed E-state index contributed by atoms with van der Waals surface area (Å²) in [5, 5.41) is 1.38. The molecule has 1 N–H and O–H groups in total. The first-order valence-corrected chi connectivity index (χ1v) is 12.0. The number of benzene rings is 2. The van der Waals surface area contributed by atoms with E-state index in [1.165, 1.54) is 18.2 Å². The summed E-state index contributed by atoms with van der Waals surface area (Å²) in [5.41, 5.74) is 1.94. The van der Waals surface area contributed by atoms with Crippen molar-refractivity contribution in [2.24, 2.45) is 5.92 Å². The first kappa shape index (κ1) is 21.2. The van der Waals surface area contributed by atoms with Gasteiger partial charge in [0, 0.05) is 22.6 Å². The Labute approximate surface area is 181 Å². The summed E-state index contributed by atoms with van der Waals surface area (Å²) >= 11 is 5.86. The van der Waals surface area contributed by atoms with Crippen LogP contribution in [-0.2, 0) is 10.0 Å². The molecule has 0 bridgehead atoms. The monoisotopic (exact) mass is 446 g/mol. The number of rotatable bonds is 5. The van der Waals surface area contributed by atoms with E-state index in [1.807, 2.05) is 13.0 Å². The zero-order valence-electron chi connectivity index (χ0n) is 16.7. The van der Waals surface area contributed by atoms with E-state index in [1.54, 1.807) is 30.5 Å². The molecule has 4 rings (SSSR count). The zero-order valence-corrected chi connectivity index (χ0v) is 18.3. The number of nitrogens with zero attached hydrogens (tertiary/aromatic N) is 1. The fourth-order valence-corrected chi connectivity index (χ4v) is 5.89. The van der Waals surface area contributed by atoms with Crippen LogP contribution in [0.3, 0.4) is 0 Å². The van der Waals surface area contributed by atoms with Crippen LogP contribution in [0.4, 0.5) is 4.39 Å². The van der Waals surface area contributed by atoms with Crippen LogP contribution >= 0.6 is 11.6 Å². The lowest BCUT2D eigenvalue weighted by molar-refractivity contribution is 0.281. The molecule has 30 heavy (non-hydrogen) atoms. The van der Waals surface area contributed by atoms with Crippen molar-refractivity contribution in [3.05, 3.63) is 71.1 Å². The van der Waals surface area contributed by atoms with Crippen LogP contribution in [-0.4, -0.2) is 19.4 Å². The molecule has 1 atom stereocenters. The lowest BCUT2D eigenvalue weighted by Gasteiger charge is -2.33. The second-order valence-corrected chi connectivity index (χ2v) is 10.2. The second kappa shape index (κ2) is 8.61. The minimum Gasteiger partial charge on any atom is -0.256 e. The van der Waals surface area contributed by atoms with Crippen molar-refractivity contribution in [1.29, 1.82) is 0 Å². The predicted octanol–water partition coefficient (Wildman–Crippen LogP) is 5.67. The number of sulfonamides is 1. The lowest BCUT2D eigenvalue weighted by Crippen LogP contribution is -2.39. The Morgan fingerprint density at radius 3 is 2.47 bits per heavy atom. The number of pyridine rings is 1. The second-order valence-electron chi connectivity index (χ2n) is 8.04. The van der Waals surface area contributed by atoms with Crippen molar-refractivity contribution in [1.82, 2.24) is 9.71 Å². The average Bonchev–Trinajstić information content (AvgIpc) is 2.73. The summed E-state index contributed by atoms with van der Waals surface area (Å²) in [6.45, 7) is 1.93. The van der Waals surface area contributed by atoms with Crippen LogP contribution in [0.2, 0.25) is 5.02 Å². The van der Waals surface area contributed by atoms with E-state index in [0.717, 1.165) is 42.1 Å². The van der Waals surface area contributed by atoms with Gasteiger partial charge in [0.2, 0.25) is 10.0 Å². The van der Waals surface area contributed by atoms with Gasteiger partial charge in [0.15, 0.2) is 0 Å². The van der Waals surface area contributed by atoms with Crippen LogP contribution in [0.25, 0.3) is 10.9 Å². The molecule has 7 heteroatoms. The van der Waals surface area contributed by atoms with E-state index in [9.17, 15) is 12.8 Å². The summed E-state index contributed by atoms with van der Waals surface area (Å²) in [5.74, 6) is 0.331. The number of fused-ring (bicyclic) bond motifs is 1. The maximum atomic E-state index is 13.8. The van der Waals surface area contributed by atoms with Gasteiger partial charge in [0.25, 0.3) is 0 Å². The third-order valence-electron chi connectivity index (χ3n) is 6.12. The van der Waals surface area contributed by atoms with Gasteiger partial charge in [0.05, 0.1) is 10.4 Å². The summed E-state index contributed by atoms with van der Waals surface area (Å²) in [6.07, 6.45) is 5.48. The van der Waals surface area contributed by atoms with Gasteiger partial charge in [-0.25, -0.2) is 17.5 Å². The first-order valence-electron chi connectivity index (χ1n) is 10.2. The van der Waals surface area contributed by atoms with E-state index in [0.29, 0.717) is 10.9 Å². The number of nitrogens with one attached hydrogen (secondary N) is 1. The van der Waals surface area contributed by atoms with Gasteiger partial charge in [-0.15, -0.1) is 0 Å². The Balaban J connectivity index is 1.43. The van der Waals surface area contributed by atoms with Gasteiger partial charge in [-0.05, 0) is 98.5 Å². The number of halogens is 2. The molecule has 1 aliphatic carbocycles. The van der Waals surface area contributed by atoms with Gasteiger partial charge in [-0.3, -0.25) is 4.98 Å². The Hall–Kier alpha value is -2.02. The van der Waals surface area contributed by atoms with Crippen molar-refractivity contribution < 1.29 is 12.8 Å². The summed E-state index contributed by atoms with van der Waals surface area (Å²) in [7, 11) is -3.58. The van der Waals surface area contributed by atoms with Crippen molar-refractivity contribution in [2.45, 2.75) is 49.5 Å². The number of aromatic nitrogens is 1. The van der Waals surface area contributed by atoms with Crippen molar-refractivity contribution >= 4 is 32.5 Å². The first-order chi connectivity index (χ1) is 14.3. The third-order valence-corrected chi connectivity index (χ3v) is 7.95. The highest BCUT2D eigenvalue weighted by atomic mass is 35.5. The topological polar surface area (TPSA) is 59.1 Å². The highest BCUT2D eigenvalue weighted by molar-refractivity contribution is 7.89. The smallest absolute Gasteiger partial charge is 0.240 e. The maximum Gasteiger partial charge on any atom is 0.240 e. The molecule has 1 aliphatic rings. The minimum atomic E-state index is -3.58. The Kier molecular flexibility index (Phi) is 6.09. The summed E-state index contributed by atoms with van der Waals surface area (Å²) < 4.78 is 41.9. The van der Waals surface area contributed by atoms with E-state index < -0.39 is 10.0 Å². The highest BCUT2D eigenvalue weighted by Gasteiger charge is 2.29. The fourth-order valence-electron chi connectivity index (χ4n) is 4.45. The molecule has 0 unspecified atom stereocenters. The molecule has 1 saturated carbocycles. The SMILES string of the molecule is C[C@@H](NS(=O)(=O)c1ccc(Cl)cc1)C1CCC(c2ccnc3ccc(F)cc23)CC1. The highest BCUT2D eigenvalue weighted by Crippen LogP contribution is 2.39. The largest absolute Gasteiger partial charge is 0.256 e. The molecule has 1 aromatic heterocycles. The average molecular weight is 447 g/mol. The van der Waals surface area contributed by atoms with Crippen molar-refractivity contribution in [3.8, 4) is 0 Å². The summed E-state index contributed by atoms with van der Waals surface area (Å²) in [6, 6.07) is 12.7. The van der Waals surface area contributed by atoms with Crippen LogP contribution < -0.4 is 4.72 Å². The maximum absolute atomic E-state index is 13.8. The minimum absolute atomic E-state index is 0.168. The van der Waals surface area contributed by atoms with Crippen LogP contribution in [0.1, 0.15) is 44.1 Å². The van der Waals surface area contributed by atoms with E-state index in [4.69, 9.17) is 11.6 Å². The number of hydrogen-bond donors (Lipinski definition) is 1. The predicted molar refractivity (Wildman–Crippen MR) is 118 cm³/mol. The molecule has 0 spiro atoms. The Morgan fingerprint density at radius 2 is 1.77 bits per heavy atom. The van der Waals surface area contributed by atoms with Gasteiger partial charge in [-0.1, -0.05) is 11.6 Å². The normalized spacial score (nSPS) is 20.9. The molecule has 0 radical (unpaired) electrons. The van der Waals surface area contributed by atoms with Crippen molar-refractivity contribution in [3.63, 3.8) is 0 Å². The fraction of sp³-hybridized carbons (Fsp3) is 0.348. The van der Waals surface area contributed by atoms with Crippen LogP contribution in [0.15, 0.2) is 59.6 Å². The van der Waals surface area contributed by atoms with E-state index in [-0.39, 0.29) is 22.7 Å². The van der Waals surface area contributed by atoms with Gasteiger partial charge >= 0.3 is 0 Å². The molecule has 0 amide bonds. The molecular weight excluding hydrogens is 423 g/mol. The van der Waals surface area contributed by atoms with Gasteiger partial charge in [0.1, 0.15) is 5.82 Å².